The van der Waals surface area contributed by atoms with Crippen molar-refractivity contribution in [3.63, 3.8) is 0 Å². The van der Waals surface area contributed by atoms with Gasteiger partial charge in [0, 0.05) is 0 Å². The number of benzene rings is 1. The van der Waals surface area contributed by atoms with Crippen LogP contribution < -0.4 is 5.32 Å². The van der Waals surface area contributed by atoms with E-state index in [2.05, 4.69) is 5.32 Å². The maximum Gasteiger partial charge on any atom is 0.340 e. The Labute approximate surface area is 162 Å². The molecule has 28 heavy (non-hydrogen) atoms. The van der Waals surface area contributed by atoms with Gasteiger partial charge in [0.25, 0.3) is 0 Å². The lowest BCUT2D eigenvalue weighted by molar-refractivity contribution is -0.146. The summed E-state index contributed by atoms with van der Waals surface area (Å²) >= 11 is 0. The first kappa shape index (κ1) is 21.1. The predicted octanol–water partition coefficient (Wildman–Crippen LogP) is 2.65. The van der Waals surface area contributed by atoms with Gasteiger partial charge in [-0.15, -0.1) is 0 Å². The summed E-state index contributed by atoms with van der Waals surface area (Å²) in [5.41, 5.74) is 0.303. The first-order valence-corrected chi connectivity index (χ1v) is 9.05. The van der Waals surface area contributed by atoms with Crippen molar-refractivity contribution in [3.8, 4) is 0 Å². The molecule has 0 heterocycles. The fourth-order valence-electron chi connectivity index (χ4n) is 2.98. The number of carboxylic acid groups (broad SMARTS) is 1. The Morgan fingerprint density at radius 2 is 1.61 bits per heavy atom. The highest BCUT2D eigenvalue weighted by atomic mass is 16.5. The van der Waals surface area contributed by atoms with Gasteiger partial charge in [-0.25, -0.2) is 9.59 Å². The maximum atomic E-state index is 12.7. The number of hydrogen-bond acceptors (Lipinski definition) is 6. The third kappa shape index (κ3) is 4.97. The molecule has 1 aliphatic rings. The van der Waals surface area contributed by atoms with E-state index in [1.807, 2.05) is 0 Å². The molecule has 1 aliphatic carbocycles. The highest BCUT2D eigenvalue weighted by Gasteiger charge is 2.34. The largest absolute Gasteiger partial charge is 0.481 e. The number of hydrogen-bond donors (Lipinski definition) is 2. The van der Waals surface area contributed by atoms with Gasteiger partial charge < -0.3 is 19.9 Å². The second kappa shape index (κ2) is 9.68. The van der Waals surface area contributed by atoms with Gasteiger partial charge in [-0.05, 0) is 44.9 Å². The number of aliphatic carboxylic acids is 1. The van der Waals surface area contributed by atoms with E-state index in [1.54, 1.807) is 26.0 Å². The average Bonchev–Trinajstić information content (AvgIpc) is 2.68. The summed E-state index contributed by atoms with van der Waals surface area (Å²) in [6.45, 7) is 3.63. The van der Waals surface area contributed by atoms with Gasteiger partial charge in [-0.2, -0.15) is 0 Å². The van der Waals surface area contributed by atoms with Crippen molar-refractivity contribution in [3.05, 3.63) is 41.5 Å². The molecule has 2 rings (SSSR count). The molecule has 8 heteroatoms. The summed E-state index contributed by atoms with van der Waals surface area (Å²) in [4.78, 5) is 48.4. The molecule has 0 aliphatic heterocycles. The van der Waals surface area contributed by atoms with Gasteiger partial charge in [-0.3, -0.25) is 9.59 Å². The number of nitrogens with one attached hydrogen (secondary N) is 1. The third-order valence-electron chi connectivity index (χ3n) is 4.37. The first-order valence-electron chi connectivity index (χ1n) is 9.05. The van der Waals surface area contributed by atoms with E-state index in [0.29, 0.717) is 0 Å². The van der Waals surface area contributed by atoms with Gasteiger partial charge in [0.1, 0.15) is 0 Å². The van der Waals surface area contributed by atoms with Gasteiger partial charge in [0.2, 0.25) is 5.91 Å². The molecule has 2 unspecified atom stereocenters. The van der Waals surface area contributed by atoms with Gasteiger partial charge >= 0.3 is 17.9 Å². The lowest BCUT2D eigenvalue weighted by Gasteiger charge is -2.24. The van der Waals surface area contributed by atoms with Crippen molar-refractivity contribution >= 4 is 29.5 Å². The van der Waals surface area contributed by atoms with Gasteiger partial charge in [-0.1, -0.05) is 12.2 Å². The molecule has 1 aromatic rings. The van der Waals surface area contributed by atoms with E-state index in [9.17, 15) is 24.3 Å². The topological polar surface area (TPSA) is 119 Å². The number of ether oxygens (including phenoxy) is 2. The van der Waals surface area contributed by atoms with Crippen LogP contribution in [0.1, 0.15) is 47.4 Å². The molecule has 2 N–H and O–H groups in total. The molecule has 2 atom stereocenters. The average molecular weight is 389 g/mol. The second-order valence-electron chi connectivity index (χ2n) is 6.18. The van der Waals surface area contributed by atoms with Crippen LogP contribution in [0.2, 0.25) is 0 Å². The quantitative estimate of drug-likeness (QED) is 0.543. The van der Waals surface area contributed by atoms with Crippen LogP contribution in [0.4, 0.5) is 5.69 Å². The molecule has 0 spiro atoms. The zero-order valence-corrected chi connectivity index (χ0v) is 15.8. The first-order chi connectivity index (χ1) is 13.4. The molecule has 0 radical (unpaired) electrons. The molecule has 0 aromatic heterocycles. The van der Waals surface area contributed by atoms with E-state index in [0.717, 1.165) is 0 Å². The standard InChI is InChI=1S/C20H23NO7/c1-3-27-19(25)12-9-10-15(20(26)28-4-2)16(11-12)21-17(22)13-7-5-6-8-14(13)18(23)24/h5-6,9-11,13-14H,3-4,7-8H2,1-2H3,(H,21,22)(H,23,24). The van der Waals surface area contributed by atoms with Crippen LogP contribution in [-0.2, 0) is 19.1 Å². The molecule has 0 fully saturated rings. The smallest absolute Gasteiger partial charge is 0.340 e. The fourth-order valence-corrected chi connectivity index (χ4v) is 2.98. The normalized spacial score (nSPS) is 18.2. The van der Waals surface area contributed by atoms with Crippen LogP contribution in [0.15, 0.2) is 30.4 Å². The molecule has 1 amide bonds. The minimum absolute atomic E-state index is 0.0708. The zero-order chi connectivity index (χ0) is 20.7. The summed E-state index contributed by atoms with van der Waals surface area (Å²) in [7, 11) is 0. The minimum Gasteiger partial charge on any atom is -0.481 e. The Balaban J connectivity index is 2.34. The number of rotatable bonds is 7. The van der Waals surface area contributed by atoms with Crippen LogP contribution in [0.25, 0.3) is 0 Å². The van der Waals surface area contributed by atoms with Crippen LogP contribution in [0.3, 0.4) is 0 Å². The number of allylic oxidation sites excluding steroid dienone is 2. The summed E-state index contributed by atoms with van der Waals surface area (Å²) in [6, 6.07) is 4.11. The molecule has 1 aromatic carbocycles. The van der Waals surface area contributed by atoms with Crippen LogP contribution in [0.5, 0.6) is 0 Å². The minimum atomic E-state index is -1.06. The highest BCUT2D eigenvalue weighted by molar-refractivity contribution is 6.04. The number of carbonyl (C=O) groups excluding carboxylic acids is 3. The Bertz CT molecular complexity index is 800. The lowest BCUT2D eigenvalue weighted by atomic mass is 9.82. The number of amides is 1. The highest BCUT2D eigenvalue weighted by Crippen LogP contribution is 2.28. The van der Waals surface area contributed by atoms with Crippen molar-refractivity contribution in [2.75, 3.05) is 18.5 Å². The molecule has 150 valence electrons. The maximum absolute atomic E-state index is 12.7. The molecule has 0 bridgehead atoms. The number of carboxylic acids is 1. The lowest BCUT2D eigenvalue weighted by Crippen LogP contribution is -2.35. The van der Waals surface area contributed by atoms with Crippen LogP contribution >= 0.6 is 0 Å². The Morgan fingerprint density at radius 3 is 2.21 bits per heavy atom. The van der Waals surface area contributed by atoms with Crippen molar-refractivity contribution in [2.45, 2.75) is 26.7 Å². The second-order valence-corrected chi connectivity index (χ2v) is 6.18. The monoisotopic (exact) mass is 389 g/mol. The summed E-state index contributed by atoms with van der Waals surface area (Å²) < 4.78 is 9.94. The Hall–Kier alpha value is -3.16. The van der Waals surface area contributed by atoms with E-state index < -0.39 is 35.7 Å². The number of esters is 2. The molecule has 0 saturated heterocycles. The third-order valence-corrected chi connectivity index (χ3v) is 4.37. The van der Waals surface area contributed by atoms with Gasteiger partial charge in [0.05, 0.1) is 41.9 Å². The Kier molecular flexibility index (Phi) is 7.31. The molecule has 0 saturated carbocycles. The van der Waals surface area contributed by atoms with Gasteiger partial charge in [0.15, 0.2) is 0 Å². The molecular weight excluding hydrogens is 366 g/mol. The van der Waals surface area contributed by atoms with Crippen molar-refractivity contribution in [1.82, 2.24) is 0 Å². The Morgan fingerprint density at radius 1 is 1.00 bits per heavy atom. The molecular formula is C20H23NO7. The van der Waals surface area contributed by atoms with Crippen molar-refractivity contribution < 1.29 is 33.8 Å². The summed E-state index contributed by atoms with van der Waals surface area (Å²) in [5.74, 6) is -4.50. The predicted molar refractivity (Wildman–Crippen MR) is 100.0 cm³/mol. The number of carbonyl (C=O) groups is 4. The summed E-state index contributed by atoms with van der Waals surface area (Å²) in [5, 5.41) is 12.0. The van der Waals surface area contributed by atoms with Crippen LogP contribution in [0, 0.1) is 11.8 Å². The fraction of sp³-hybridized carbons (Fsp3) is 0.400. The SMILES string of the molecule is CCOC(=O)c1ccc(C(=O)OCC)c(NC(=O)C2CC=CCC2C(=O)O)c1. The van der Waals surface area contributed by atoms with E-state index >= 15 is 0 Å². The number of anilines is 1. The summed E-state index contributed by atoms with van der Waals surface area (Å²) in [6.07, 6.45) is 4.01. The van der Waals surface area contributed by atoms with E-state index in [-0.39, 0.29) is 42.9 Å². The van der Waals surface area contributed by atoms with E-state index in [1.165, 1.54) is 18.2 Å². The van der Waals surface area contributed by atoms with Crippen molar-refractivity contribution in [1.29, 1.82) is 0 Å². The van der Waals surface area contributed by atoms with Crippen molar-refractivity contribution in [2.24, 2.45) is 11.8 Å². The van der Waals surface area contributed by atoms with Crippen LogP contribution in [-0.4, -0.2) is 42.1 Å². The molecule has 8 nitrogen and oxygen atoms in total. The van der Waals surface area contributed by atoms with E-state index in [4.69, 9.17) is 9.47 Å². The zero-order valence-electron chi connectivity index (χ0n) is 15.8.